The standard InChI is InChI=1S/C20H23N2O/c1-19(2)11-15-14-8-7-13(16-6-5-9-21-16)10-17(14)22(23)18(15)20(3,4)12-19/h5-11,21,23H,12H2,1-4H3/q+1. The third kappa shape index (κ3) is 2.07. The number of hydrogen-bond donors (Lipinski definition) is 2. The Bertz CT molecular complexity index is 852. The average molecular weight is 307 g/mol. The number of benzene rings is 1. The van der Waals surface area contributed by atoms with Crippen LogP contribution < -0.4 is 0 Å². The van der Waals surface area contributed by atoms with Crippen molar-refractivity contribution in [2.75, 3.05) is 0 Å². The van der Waals surface area contributed by atoms with Crippen LogP contribution in [0.3, 0.4) is 0 Å². The molecule has 0 unspecified atom stereocenters. The Labute approximate surface area is 136 Å². The van der Waals surface area contributed by atoms with Gasteiger partial charge in [-0.2, -0.15) is 0 Å². The Hall–Kier alpha value is -2.29. The second-order valence-electron chi connectivity index (χ2n) is 8.08. The van der Waals surface area contributed by atoms with E-state index in [4.69, 9.17) is 0 Å². The van der Waals surface area contributed by atoms with E-state index >= 15 is 0 Å². The molecule has 3 nitrogen and oxygen atoms in total. The highest BCUT2D eigenvalue weighted by Crippen LogP contribution is 2.50. The summed E-state index contributed by atoms with van der Waals surface area (Å²) in [6.07, 6.45) is 5.26. The molecule has 0 saturated carbocycles. The summed E-state index contributed by atoms with van der Waals surface area (Å²) in [5.74, 6) is 0. The predicted molar refractivity (Wildman–Crippen MR) is 93.1 cm³/mol. The molecule has 0 fully saturated rings. The second kappa shape index (κ2) is 4.38. The number of nitrogens with one attached hydrogen (secondary N) is 1. The van der Waals surface area contributed by atoms with E-state index < -0.39 is 0 Å². The van der Waals surface area contributed by atoms with Gasteiger partial charge in [0.05, 0.1) is 16.6 Å². The van der Waals surface area contributed by atoms with Gasteiger partial charge in [-0.05, 0) is 43.9 Å². The minimum absolute atomic E-state index is 0.0616. The van der Waals surface area contributed by atoms with Crippen molar-refractivity contribution in [3.63, 3.8) is 0 Å². The minimum Gasteiger partial charge on any atom is -0.361 e. The Morgan fingerprint density at radius 1 is 1.13 bits per heavy atom. The molecule has 0 atom stereocenters. The monoisotopic (exact) mass is 307 g/mol. The largest absolute Gasteiger partial charge is 0.361 e. The Morgan fingerprint density at radius 3 is 2.61 bits per heavy atom. The summed E-state index contributed by atoms with van der Waals surface area (Å²) in [5, 5.41) is 10.8. The lowest BCUT2D eigenvalue weighted by Gasteiger charge is -2.35. The zero-order valence-electron chi connectivity index (χ0n) is 14.1. The van der Waals surface area contributed by atoms with Gasteiger partial charge in [-0.3, -0.25) is 5.21 Å². The maximum absolute atomic E-state index is 10.8. The SMILES string of the molecule is CC1(C)C=C2C(=[N+](O)c3cc(-c4ccc[nH]4)ccc32)C(C)(C)C1. The van der Waals surface area contributed by atoms with Crippen molar-refractivity contribution in [1.29, 1.82) is 0 Å². The maximum atomic E-state index is 10.8. The highest BCUT2D eigenvalue weighted by molar-refractivity contribution is 6.27. The summed E-state index contributed by atoms with van der Waals surface area (Å²) in [6, 6.07) is 10.4. The van der Waals surface area contributed by atoms with E-state index in [9.17, 15) is 5.21 Å². The molecule has 0 amide bonds. The van der Waals surface area contributed by atoms with Gasteiger partial charge in [-0.1, -0.05) is 26.0 Å². The van der Waals surface area contributed by atoms with Crippen molar-refractivity contribution in [1.82, 2.24) is 4.98 Å². The van der Waals surface area contributed by atoms with E-state index in [2.05, 4.69) is 57.0 Å². The summed E-state index contributed by atoms with van der Waals surface area (Å²) in [5.41, 5.74) is 6.43. The third-order valence-electron chi connectivity index (χ3n) is 4.97. The van der Waals surface area contributed by atoms with Crippen LogP contribution in [0, 0.1) is 10.8 Å². The van der Waals surface area contributed by atoms with Crippen LogP contribution in [0.2, 0.25) is 0 Å². The van der Waals surface area contributed by atoms with Gasteiger partial charge in [0.25, 0.3) is 5.69 Å². The lowest BCUT2D eigenvalue weighted by Crippen LogP contribution is -2.37. The number of H-pyrrole nitrogens is 1. The summed E-state index contributed by atoms with van der Waals surface area (Å²) in [4.78, 5) is 3.23. The van der Waals surface area contributed by atoms with Crippen molar-refractivity contribution >= 4 is 17.0 Å². The molecule has 0 spiro atoms. The normalized spacial score (nSPS) is 21.0. The molecule has 23 heavy (non-hydrogen) atoms. The first-order valence-corrected chi connectivity index (χ1v) is 8.16. The fourth-order valence-corrected chi connectivity index (χ4v) is 4.44. The molecule has 1 aromatic carbocycles. The molecule has 4 rings (SSSR count). The smallest absolute Gasteiger partial charge is 0.266 e. The first kappa shape index (κ1) is 14.3. The molecular formula is C20H23N2O+. The van der Waals surface area contributed by atoms with Crippen LogP contribution in [0.4, 0.5) is 5.69 Å². The van der Waals surface area contributed by atoms with Gasteiger partial charge in [0.2, 0.25) is 5.71 Å². The Balaban J connectivity index is 1.94. The van der Waals surface area contributed by atoms with E-state index in [1.54, 1.807) is 0 Å². The Kier molecular flexibility index (Phi) is 2.72. The number of allylic oxidation sites excluding steroid dienone is 2. The Morgan fingerprint density at radius 2 is 1.91 bits per heavy atom. The number of nitrogens with zero attached hydrogens (tertiary/aromatic N) is 1. The first-order chi connectivity index (χ1) is 10.8. The summed E-state index contributed by atoms with van der Waals surface area (Å²) >= 11 is 0. The lowest BCUT2D eigenvalue weighted by atomic mass is 9.65. The summed E-state index contributed by atoms with van der Waals surface area (Å²) in [6.45, 7) is 8.98. The van der Waals surface area contributed by atoms with Gasteiger partial charge in [0.15, 0.2) is 0 Å². The fraction of sp³-hybridized carbons (Fsp3) is 0.350. The van der Waals surface area contributed by atoms with Crippen LogP contribution in [0.5, 0.6) is 0 Å². The van der Waals surface area contributed by atoms with E-state index in [1.165, 1.54) is 10.3 Å². The molecule has 0 bridgehead atoms. The second-order valence-corrected chi connectivity index (χ2v) is 8.08. The molecule has 3 heteroatoms. The summed E-state index contributed by atoms with van der Waals surface area (Å²) in [7, 11) is 0. The maximum Gasteiger partial charge on any atom is 0.266 e. The van der Waals surface area contributed by atoms with Gasteiger partial charge < -0.3 is 4.98 Å². The van der Waals surface area contributed by atoms with Crippen molar-refractivity contribution < 1.29 is 9.95 Å². The first-order valence-electron chi connectivity index (χ1n) is 8.16. The lowest BCUT2D eigenvalue weighted by molar-refractivity contribution is -0.712. The van der Waals surface area contributed by atoms with Crippen LogP contribution in [0.25, 0.3) is 16.8 Å². The van der Waals surface area contributed by atoms with E-state index in [-0.39, 0.29) is 10.8 Å². The number of fused-ring (bicyclic) bond motifs is 3. The van der Waals surface area contributed by atoms with Crippen LogP contribution in [0.15, 0.2) is 42.6 Å². The fourth-order valence-electron chi connectivity index (χ4n) is 4.44. The molecule has 2 aliphatic rings. The number of rotatable bonds is 1. The highest BCUT2D eigenvalue weighted by atomic mass is 16.5. The van der Waals surface area contributed by atoms with Crippen LogP contribution in [-0.4, -0.2) is 20.6 Å². The van der Waals surface area contributed by atoms with E-state index in [0.29, 0.717) is 0 Å². The number of hydrogen-bond acceptors (Lipinski definition) is 1. The average Bonchev–Trinajstić information content (AvgIpc) is 3.04. The van der Waals surface area contributed by atoms with E-state index in [1.807, 2.05) is 18.3 Å². The summed E-state index contributed by atoms with van der Waals surface area (Å²) < 4.78 is 1.41. The zero-order chi connectivity index (χ0) is 16.4. The highest BCUT2D eigenvalue weighted by Gasteiger charge is 2.50. The number of aromatic amines is 1. The van der Waals surface area contributed by atoms with Crippen LogP contribution in [0.1, 0.15) is 39.7 Å². The topological polar surface area (TPSA) is 39.0 Å². The van der Waals surface area contributed by atoms with Crippen molar-refractivity contribution in [3.05, 3.63) is 48.2 Å². The van der Waals surface area contributed by atoms with Crippen molar-refractivity contribution in [2.45, 2.75) is 34.1 Å². The van der Waals surface area contributed by atoms with Gasteiger partial charge in [0.1, 0.15) is 0 Å². The molecule has 118 valence electrons. The molecule has 2 aromatic rings. The van der Waals surface area contributed by atoms with Gasteiger partial charge >= 0.3 is 0 Å². The van der Waals surface area contributed by atoms with Crippen molar-refractivity contribution in [2.24, 2.45) is 10.8 Å². The van der Waals surface area contributed by atoms with Gasteiger partial charge in [-0.25, -0.2) is 0 Å². The molecule has 1 aliphatic carbocycles. The van der Waals surface area contributed by atoms with Gasteiger partial charge in [-0.15, -0.1) is 0 Å². The molecule has 2 heterocycles. The number of aromatic nitrogens is 1. The van der Waals surface area contributed by atoms with Crippen LogP contribution >= 0.6 is 0 Å². The minimum atomic E-state index is -0.0616. The molecular weight excluding hydrogens is 284 g/mol. The zero-order valence-corrected chi connectivity index (χ0v) is 14.1. The molecule has 1 aromatic heterocycles. The van der Waals surface area contributed by atoms with Gasteiger partial charge in [0, 0.05) is 28.3 Å². The predicted octanol–water partition coefficient (Wildman–Crippen LogP) is 5.01. The quantitative estimate of drug-likeness (QED) is 0.564. The van der Waals surface area contributed by atoms with Crippen molar-refractivity contribution in [3.8, 4) is 11.3 Å². The molecule has 0 saturated heterocycles. The molecule has 1 aliphatic heterocycles. The van der Waals surface area contributed by atoms with E-state index in [0.717, 1.165) is 34.6 Å². The van der Waals surface area contributed by atoms with Crippen LogP contribution in [-0.2, 0) is 0 Å². The third-order valence-corrected chi connectivity index (χ3v) is 4.97. The molecule has 2 N–H and O–H groups in total. The molecule has 0 radical (unpaired) electrons.